The van der Waals surface area contributed by atoms with Crippen LogP contribution in [0, 0.1) is 0 Å². The Morgan fingerprint density at radius 2 is 2.00 bits per heavy atom. The van der Waals surface area contributed by atoms with Crippen LogP contribution in [0.2, 0.25) is 0 Å². The number of carbonyl (C=O) groups excluding carboxylic acids is 2. The van der Waals surface area contributed by atoms with Crippen LogP contribution in [0.25, 0.3) is 6.08 Å². The molecule has 1 aromatic heterocycles. The van der Waals surface area contributed by atoms with Crippen LogP contribution in [0.5, 0.6) is 11.5 Å². The van der Waals surface area contributed by atoms with Crippen LogP contribution in [0.1, 0.15) is 16.1 Å². The Bertz CT molecular complexity index is 826. The molecule has 0 radical (unpaired) electrons. The zero-order valence-electron chi connectivity index (χ0n) is 12.5. The first-order chi connectivity index (χ1) is 11.6. The lowest BCUT2D eigenvalue weighted by Crippen LogP contribution is -2.27. The van der Waals surface area contributed by atoms with Crippen LogP contribution in [0.4, 0.5) is 0 Å². The molecule has 1 amide bonds. The number of rotatable bonds is 4. The molecule has 3 rings (SSSR count). The minimum atomic E-state index is -0.688. The summed E-state index contributed by atoms with van der Waals surface area (Å²) in [6, 6.07) is 8.20. The molecule has 2 heterocycles. The number of amides is 1. The molecule has 0 unspecified atom stereocenters. The fraction of sp³-hybridized carbons (Fsp3) is 0.125. The average molecular weight is 394 g/mol. The van der Waals surface area contributed by atoms with E-state index in [0.29, 0.717) is 21.7 Å². The summed E-state index contributed by atoms with van der Waals surface area (Å²) in [5.41, 5.74) is 0.606. The summed E-state index contributed by atoms with van der Waals surface area (Å²) in [4.78, 5) is 24.1. The molecule has 0 fully saturated rings. The summed E-state index contributed by atoms with van der Waals surface area (Å²) in [6.45, 7) is 0.149. The van der Waals surface area contributed by atoms with Crippen molar-refractivity contribution >= 4 is 33.9 Å². The number of esters is 1. The lowest BCUT2D eigenvalue weighted by atomic mass is 10.1. The van der Waals surface area contributed by atoms with Gasteiger partial charge in [-0.3, -0.25) is 4.79 Å². The second kappa shape index (κ2) is 6.79. The van der Waals surface area contributed by atoms with E-state index in [0.717, 1.165) is 0 Å². The molecule has 24 heavy (non-hydrogen) atoms. The van der Waals surface area contributed by atoms with E-state index >= 15 is 0 Å². The monoisotopic (exact) mass is 393 g/mol. The molecule has 0 bridgehead atoms. The fourth-order valence-electron chi connectivity index (χ4n) is 2.05. The maximum absolute atomic E-state index is 12.1. The van der Waals surface area contributed by atoms with E-state index in [1.807, 2.05) is 0 Å². The number of nitrogens with one attached hydrogen (secondary N) is 1. The first-order valence-electron chi connectivity index (χ1n) is 6.83. The van der Waals surface area contributed by atoms with E-state index in [1.54, 1.807) is 24.3 Å². The molecule has 1 aromatic carbocycles. The van der Waals surface area contributed by atoms with Gasteiger partial charge >= 0.3 is 5.97 Å². The number of hydrogen-bond acceptors (Lipinski definition) is 6. The molecule has 0 atom stereocenters. The third kappa shape index (κ3) is 3.43. The van der Waals surface area contributed by atoms with Gasteiger partial charge in [-0.2, -0.15) is 0 Å². The number of benzene rings is 1. The first kappa shape index (κ1) is 16.1. The number of methoxy groups -OCH3 is 1. The summed E-state index contributed by atoms with van der Waals surface area (Å²) in [5.74, 6) is -0.0161. The lowest BCUT2D eigenvalue weighted by Gasteiger charge is -2.07. The summed E-state index contributed by atoms with van der Waals surface area (Å²) in [6.07, 6.45) is 1.48. The normalized spacial score (nSPS) is 12.8. The third-order valence-corrected chi connectivity index (χ3v) is 3.58. The van der Waals surface area contributed by atoms with Crippen LogP contribution in [0.15, 0.2) is 45.1 Å². The van der Waals surface area contributed by atoms with Crippen molar-refractivity contribution in [3.63, 3.8) is 0 Å². The number of halogens is 1. The van der Waals surface area contributed by atoms with Gasteiger partial charge < -0.3 is 23.9 Å². The first-order valence-corrected chi connectivity index (χ1v) is 7.62. The number of carbonyl (C=O) groups is 2. The maximum Gasteiger partial charge on any atom is 0.354 e. The second-order valence-electron chi connectivity index (χ2n) is 4.72. The zero-order valence-corrected chi connectivity index (χ0v) is 14.1. The van der Waals surface area contributed by atoms with Crippen molar-refractivity contribution in [2.45, 2.75) is 0 Å². The average Bonchev–Trinajstić information content (AvgIpc) is 3.21. The van der Waals surface area contributed by atoms with Crippen LogP contribution in [0.3, 0.4) is 0 Å². The molecule has 1 N–H and O–H groups in total. The van der Waals surface area contributed by atoms with Crippen molar-refractivity contribution in [2.75, 3.05) is 13.9 Å². The Balaban J connectivity index is 1.86. The van der Waals surface area contributed by atoms with Gasteiger partial charge in [0.05, 0.1) is 7.11 Å². The number of furan rings is 1. The summed E-state index contributed by atoms with van der Waals surface area (Å²) in [7, 11) is 1.23. The van der Waals surface area contributed by atoms with E-state index in [1.165, 1.54) is 19.3 Å². The Kier molecular flexibility index (Phi) is 4.57. The Morgan fingerprint density at radius 1 is 1.21 bits per heavy atom. The molecule has 7 nitrogen and oxygen atoms in total. The van der Waals surface area contributed by atoms with Crippen LogP contribution >= 0.6 is 15.9 Å². The molecule has 2 aromatic rings. The van der Waals surface area contributed by atoms with Gasteiger partial charge in [0.2, 0.25) is 6.79 Å². The van der Waals surface area contributed by atoms with Crippen molar-refractivity contribution in [1.82, 2.24) is 5.32 Å². The standard InChI is InChI=1S/C16H12BrNO6/c1-21-16(20)10(18-15(19)12-4-5-14(17)24-12)6-9-2-3-11-13(7-9)23-8-22-11/h2-7H,8H2,1H3,(H,18,19). The van der Waals surface area contributed by atoms with E-state index in [2.05, 4.69) is 21.2 Å². The van der Waals surface area contributed by atoms with Gasteiger partial charge in [-0.25, -0.2) is 4.79 Å². The van der Waals surface area contributed by atoms with Gasteiger partial charge in [-0.15, -0.1) is 0 Å². The van der Waals surface area contributed by atoms with Crippen molar-refractivity contribution in [3.05, 3.63) is 52.0 Å². The van der Waals surface area contributed by atoms with Gasteiger partial charge in [-0.05, 0) is 51.8 Å². The molecule has 1 aliphatic rings. The van der Waals surface area contributed by atoms with Gasteiger partial charge in [0, 0.05) is 0 Å². The highest BCUT2D eigenvalue weighted by molar-refractivity contribution is 9.10. The number of ether oxygens (including phenoxy) is 3. The Labute approximate surface area is 145 Å². The quantitative estimate of drug-likeness (QED) is 0.634. The predicted octanol–water partition coefficient (Wildman–Crippen LogP) is 2.71. The predicted molar refractivity (Wildman–Crippen MR) is 86.4 cm³/mol. The molecule has 0 saturated heterocycles. The molecule has 124 valence electrons. The topological polar surface area (TPSA) is 87.0 Å². The summed E-state index contributed by atoms with van der Waals surface area (Å²) >= 11 is 3.11. The highest BCUT2D eigenvalue weighted by Gasteiger charge is 2.18. The molecular weight excluding hydrogens is 382 g/mol. The van der Waals surface area contributed by atoms with Gasteiger partial charge in [0.1, 0.15) is 5.70 Å². The molecule has 1 aliphatic heterocycles. The summed E-state index contributed by atoms with van der Waals surface area (Å²) < 4.78 is 20.8. The highest BCUT2D eigenvalue weighted by Crippen LogP contribution is 2.33. The maximum atomic E-state index is 12.1. The summed E-state index contributed by atoms with van der Waals surface area (Å²) in [5, 5.41) is 2.47. The Morgan fingerprint density at radius 3 is 2.71 bits per heavy atom. The second-order valence-corrected chi connectivity index (χ2v) is 5.50. The molecule has 8 heteroatoms. The molecule has 0 spiro atoms. The molecular formula is C16H12BrNO6. The smallest absolute Gasteiger partial charge is 0.354 e. The fourth-order valence-corrected chi connectivity index (χ4v) is 2.35. The van der Waals surface area contributed by atoms with Crippen molar-refractivity contribution in [3.8, 4) is 11.5 Å². The van der Waals surface area contributed by atoms with Crippen molar-refractivity contribution < 1.29 is 28.2 Å². The van der Waals surface area contributed by atoms with E-state index in [4.69, 9.17) is 18.6 Å². The molecule has 0 saturated carbocycles. The van der Waals surface area contributed by atoms with E-state index in [9.17, 15) is 9.59 Å². The van der Waals surface area contributed by atoms with Gasteiger partial charge in [0.15, 0.2) is 21.9 Å². The third-order valence-electron chi connectivity index (χ3n) is 3.16. The van der Waals surface area contributed by atoms with E-state index < -0.39 is 11.9 Å². The SMILES string of the molecule is COC(=O)C(=Cc1ccc2c(c1)OCO2)NC(=O)c1ccc(Br)o1. The number of fused-ring (bicyclic) bond motifs is 1. The highest BCUT2D eigenvalue weighted by atomic mass is 79.9. The molecule has 0 aliphatic carbocycles. The van der Waals surface area contributed by atoms with Crippen molar-refractivity contribution in [1.29, 1.82) is 0 Å². The number of hydrogen-bond donors (Lipinski definition) is 1. The zero-order chi connectivity index (χ0) is 17.1. The van der Waals surface area contributed by atoms with Gasteiger partial charge in [-0.1, -0.05) is 6.07 Å². The minimum Gasteiger partial charge on any atom is -0.464 e. The Hall–Kier alpha value is -2.74. The van der Waals surface area contributed by atoms with Crippen LogP contribution < -0.4 is 14.8 Å². The van der Waals surface area contributed by atoms with Crippen LogP contribution in [-0.2, 0) is 9.53 Å². The minimum absolute atomic E-state index is 0.0334. The van der Waals surface area contributed by atoms with E-state index in [-0.39, 0.29) is 18.3 Å². The van der Waals surface area contributed by atoms with Crippen molar-refractivity contribution in [2.24, 2.45) is 0 Å². The largest absolute Gasteiger partial charge is 0.464 e. The lowest BCUT2D eigenvalue weighted by molar-refractivity contribution is -0.136. The van der Waals surface area contributed by atoms with Crippen LogP contribution in [-0.4, -0.2) is 25.8 Å². The van der Waals surface area contributed by atoms with Gasteiger partial charge in [0.25, 0.3) is 5.91 Å².